The molecule has 0 amide bonds. The van der Waals surface area contributed by atoms with Crippen LogP contribution < -0.4 is 4.74 Å². The highest BCUT2D eigenvalue weighted by atomic mass is 35.5. The zero-order chi connectivity index (χ0) is 16.5. The number of hydrogen-bond acceptors (Lipinski definition) is 4. The number of rotatable bonds is 3. The number of aryl methyl sites for hydroxylation is 1. The largest absolute Gasteiger partial charge is 0.456 e. The molecule has 1 saturated heterocycles. The van der Waals surface area contributed by atoms with Crippen LogP contribution in [0.1, 0.15) is 24.6 Å². The van der Waals surface area contributed by atoms with Crippen molar-refractivity contribution in [1.29, 1.82) is 0 Å². The summed E-state index contributed by atoms with van der Waals surface area (Å²) in [6.45, 7) is 3.60. The Bertz CT molecular complexity index is 872. The first-order valence-electron chi connectivity index (χ1n) is 8.07. The number of pyridine rings is 1. The summed E-state index contributed by atoms with van der Waals surface area (Å²) in [7, 11) is 0. The van der Waals surface area contributed by atoms with E-state index in [1.165, 1.54) is 0 Å². The molecular formula is C18H18ClN3O2. The van der Waals surface area contributed by atoms with E-state index in [0.29, 0.717) is 16.9 Å². The van der Waals surface area contributed by atoms with Crippen LogP contribution >= 0.6 is 11.6 Å². The summed E-state index contributed by atoms with van der Waals surface area (Å²) in [6.07, 6.45) is 3.61. The Balaban J connectivity index is 1.75. The number of ether oxygens (including phenoxy) is 2. The van der Waals surface area contributed by atoms with Crippen molar-refractivity contribution < 1.29 is 9.47 Å². The van der Waals surface area contributed by atoms with Crippen LogP contribution in [0.25, 0.3) is 10.9 Å². The molecule has 2 aromatic heterocycles. The van der Waals surface area contributed by atoms with E-state index in [1.807, 2.05) is 19.1 Å². The molecule has 0 bridgehead atoms. The van der Waals surface area contributed by atoms with Crippen LogP contribution in [0.4, 0.5) is 0 Å². The fourth-order valence-corrected chi connectivity index (χ4v) is 3.37. The maximum Gasteiger partial charge on any atom is 0.138 e. The van der Waals surface area contributed by atoms with Gasteiger partial charge in [-0.1, -0.05) is 17.7 Å². The van der Waals surface area contributed by atoms with E-state index in [9.17, 15) is 0 Å². The third kappa shape index (κ3) is 2.85. The fourth-order valence-electron chi connectivity index (χ4n) is 3.21. The Morgan fingerprint density at radius 1 is 1.25 bits per heavy atom. The fraction of sp³-hybridized carbons (Fsp3) is 0.333. The first-order chi connectivity index (χ1) is 11.7. The Morgan fingerprint density at radius 2 is 2.08 bits per heavy atom. The molecule has 124 valence electrons. The van der Waals surface area contributed by atoms with Crippen molar-refractivity contribution in [3.63, 3.8) is 0 Å². The van der Waals surface area contributed by atoms with Gasteiger partial charge in [0.05, 0.1) is 22.6 Å². The first-order valence-corrected chi connectivity index (χ1v) is 8.45. The van der Waals surface area contributed by atoms with Crippen LogP contribution in [0.3, 0.4) is 0 Å². The summed E-state index contributed by atoms with van der Waals surface area (Å²) in [6, 6.07) is 9.93. The summed E-state index contributed by atoms with van der Waals surface area (Å²) in [5.74, 6) is 1.45. The number of fused-ring (bicyclic) bond motifs is 1. The van der Waals surface area contributed by atoms with Gasteiger partial charge < -0.3 is 9.47 Å². The van der Waals surface area contributed by atoms with Gasteiger partial charge in [0.1, 0.15) is 16.7 Å². The lowest BCUT2D eigenvalue weighted by molar-refractivity contribution is 0.0674. The van der Waals surface area contributed by atoms with Crippen molar-refractivity contribution in [2.24, 2.45) is 0 Å². The Morgan fingerprint density at radius 3 is 2.88 bits per heavy atom. The minimum atomic E-state index is 0.376. The van der Waals surface area contributed by atoms with Crippen molar-refractivity contribution in [2.45, 2.75) is 25.8 Å². The monoisotopic (exact) mass is 343 g/mol. The molecule has 0 radical (unpaired) electrons. The van der Waals surface area contributed by atoms with Crippen LogP contribution in [0.2, 0.25) is 5.15 Å². The number of nitrogens with zero attached hydrogens (tertiary/aromatic N) is 3. The average molecular weight is 344 g/mol. The molecular weight excluding hydrogens is 326 g/mol. The molecule has 0 atom stereocenters. The van der Waals surface area contributed by atoms with Gasteiger partial charge in [0, 0.05) is 25.5 Å². The number of aromatic nitrogens is 3. The average Bonchev–Trinajstić information content (AvgIpc) is 2.94. The highest BCUT2D eigenvalue weighted by Gasteiger charge is 2.21. The van der Waals surface area contributed by atoms with E-state index in [0.717, 1.165) is 48.4 Å². The number of halogens is 1. The smallest absolute Gasteiger partial charge is 0.138 e. The predicted octanol–water partition coefficient (Wildman–Crippen LogP) is 4.54. The molecule has 6 heteroatoms. The maximum atomic E-state index is 6.05. The van der Waals surface area contributed by atoms with Crippen molar-refractivity contribution in [2.75, 3.05) is 13.2 Å². The molecule has 0 saturated carbocycles. The topological polar surface area (TPSA) is 49.2 Å². The van der Waals surface area contributed by atoms with Gasteiger partial charge in [0.2, 0.25) is 0 Å². The van der Waals surface area contributed by atoms with Crippen LogP contribution in [-0.4, -0.2) is 28.0 Å². The second-order valence-electron chi connectivity index (χ2n) is 5.94. The minimum Gasteiger partial charge on any atom is -0.456 e. The summed E-state index contributed by atoms with van der Waals surface area (Å²) in [4.78, 5) is 3.98. The van der Waals surface area contributed by atoms with Gasteiger partial charge >= 0.3 is 0 Å². The van der Waals surface area contributed by atoms with Crippen LogP contribution in [0.15, 0.2) is 36.5 Å². The standard InChI is InChI=1S/C18H18ClN3O2/c1-12-18-15(22(21-12)13-6-9-23-10-7-13)3-2-4-16(18)24-14-5-8-20-17(19)11-14/h2-5,8,11,13H,6-7,9-10H2,1H3. The maximum absolute atomic E-state index is 6.05. The molecule has 1 aliphatic rings. The third-order valence-corrected chi connectivity index (χ3v) is 4.54. The van der Waals surface area contributed by atoms with E-state index in [4.69, 9.17) is 26.2 Å². The highest BCUT2D eigenvalue weighted by molar-refractivity contribution is 6.29. The van der Waals surface area contributed by atoms with E-state index in [1.54, 1.807) is 18.3 Å². The summed E-state index contributed by atoms with van der Waals surface area (Å²) < 4.78 is 13.6. The van der Waals surface area contributed by atoms with Gasteiger partial charge in [-0.25, -0.2) is 4.98 Å². The third-order valence-electron chi connectivity index (χ3n) is 4.33. The molecule has 0 aliphatic carbocycles. The predicted molar refractivity (Wildman–Crippen MR) is 92.9 cm³/mol. The molecule has 0 spiro atoms. The SMILES string of the molecule is Cc1nn(C2CCOCC2)c2cccc(Oc3ccnc(Cl)c3)c12. The molecule has 3 aromatic rings. The van der Waals surface area contributed by atoms with Crippen molar-refractivity contribution in [3.05, 3.63) is 47.4 Å². The molecule has 0 unspecified atom stereocenters. The van der Waals surface area contributed by atoms with Crippen LogP contribution in [0.5, 0.6) is 11.5 Å². The molecule has 1 fully saturated rings. The van der Waals surface area contributed by atoms with Gasteiger partial charge in [-0.3, -0.25) is 4.68 Å². The van der Waals surface area contributed by atoms with Crippen LogP contribution in [-0.2, 0) is 4.74 Å². The van der Waals surface area contributed by atoms with Gasteiger partial charge in [0.25, 0.3) is 0 Å². The second-order valence-corrected chi connectivity index (χ2v) is 6.33. The zero-order valence-electron chi connectivity index (χ0n) is 13.4. The summed E-state index contributed by atoms with van der Waals surface area (Å²) in [5.41, 5.74) is 2.06. The molecule has 5 nitrogen and oxygen atoms in total. The van der Waals surface area contributed by atoms with Gasteiger partial charge in [0.15, 0.2) is 0 Å². The summed E-state index contributed by atoms with van der Waals surface area (Å²) in [5, 5.41) is 6.23. The van der Waals surface area contributed by atoms with Gasteiger partial charge in [-0.05, 0) is 38.0 Å². The molecule has 0 N–H and O–H groups in total. The van der Waals surface area contributed by atoms with Crippen molar-refractivity contribution >= 4 is 22.5 Å². The highest BCUT2D eigenvalue weighted by Crippen LogP contribution is 2.35. The second kappa shape index (κ2) is 6.42. The van der Waals surface area contributed by atoms with E-state index >= 15 is 0 Å². The Kier molecular flexibility index (Phi) is 4.12. The molecule has 4 rings (SSSR count). The Labute approximate surface area is 145 Å². The zero-order valence-corrected chi connectivity index (χ0v) is 14.2. The van der Waals surface area contributed by atoms with E-state index < -0.39 is 0 Å². The normalized spacial score (nSPS) is 15.8. The molecule has 1 aliphatic heterocycles. The quantitative estimate of drug-likeness (QED) is 0.655. The van der Waals surface area contributed by atoms with E-state index in [-0.39, 0.29) is 0 Å². The molecule has 3 heterocycles. The Hall–Kier alpha value is -2.11. The van der Waals surface area contributed by atoms with Crippen molar-refractivity contribution in [1.82, 2.24) is 14.8 Å². The van der Waals surface area contributed by atoms with Crippen LogP contribution in [0, 0.1) is 6.92 Å². The van der Waals surface area contributed by atoms with Gasteiger partial charge in [-0.2, -0.15) is 5.10 Å². The van der Waals surface area contributed by atoms with Gasteiger partial charge in [-0.15, -0.1) is 0 Å². The summed E-state index contributed by atoms with van der Waals surface area (Å²) >= 11 is 5.95. The lowest BCUT2D eigenvalue weighted by atomic mass is 10.1. The lowest BCUT2D eigenvalue weighted by Crippen LogP contribution is -2.20. The first kappa shape index (κ1) is 15.4. The minimum absolute atomic E-state index is 0.376. The van der Waals surface area contributed by atoms with Crippen molar-refractivity contribution in [3.8, 4) is 11.5 Å². The number of hydrogen-bond donors (Lipinski definition) is 0. The number of benzene rings is 1. The lowest BCUT2D eigenvalue weighted by Gasteiger charge is -2.23. The molecule has 1 aromatic carbocycles. The van der Waals surface area contributed by atoms with E-state index in [2.05, 4.69) is 15.7 Å². The molecule has 24 heavy (non-hydrogen) atoms.